The number of nitrogens with two attached hydrogens (primary N) is 1. The first-order chi connectivity index (χ1) is 8.22. The molecule has 17 heavy (non-hydrogen) atoms. The van der Waals surface area contributed by atoms with Gasteiger partial charge in [-0.2, -0.15) is 0 Å². The van der Waals surface area contributed by atoms with Gasteiger partial charge in [0.2, 0.25) is 0 Å². The van der Waals surface area contributed by atoms with Crippen LogP contribution in [0.15, 0.2) is 24.3 Å². The molecular formula is C14H22N2O. The average Bonchev–Trinajstić information content (AvgIpc) is 2.51. The van der Waals surface area contributed by atoms with Gasteiger partial charge in [-0.1, -0.05) is 18.6 Å². The number of hydrogen-bond acceptors (Lipinski definition) is 3. The van der Waals surface area contributed by atoms with Gasteiger partial charge in [0.05, 0.1) is 7.11 Å². The van der Waals surface area contributed by atoms with Crippen LogP contribution < -0.4 is 10.5 Å². The van der Waals surface area contributed by atoms with Crippen molar-refractivity contribution in [2.45, 2.75) is 31.3 Å². The molecule has 3 nitrogen and oxygen atoms in total. The lowest BCUT2D eigenvalue weighted by molar-refractivity contribution is 0.229. The number of hydrogen-bond donors (Lipinski definition) is 1. The first kappa shape index (κ1) is 12.4. The number of likely N-dealkylation sites (tertiary alicyclic amines) is 1. The van der Waals surface area contributed by atoms with E-state index in [4.69, 9.17) is 10.5 Å². The summed E-state index contributed by atoms with van der Waals surface area (Å²) in [7, 11) is 3.87. The van der Waals surface area contributed by atoms with Crippen molar-refractivity contribution in [2.24, 2.45) is 5.73 Å². The molecule has 94 valence electrons. The van der Waals surface area contributed by atoms with Crippen LogP contribution in [-0.4, -0.2) is 31.6 Å². The lowest BCUT2D eigenvalue weighted by Gasteiger charge is -2.30. The third-order valence-electron chi connectivity index (χ3n) is 3.61. The highest BCUT2D eigenvalue weighted by Gasteiger charge is 2.26. The zero-order valence-corrected chi connectivity index (χ0v) is 10.7. The molecule has 1 aliphatic rings. The normalized spacial score (nSPS) is 26.5. The Labute approximate surface area is 104 Å². The van der Waals surface area contributed by atoms with Gasteiger partial charge in [0.1, 0.15) is 5.75 Å². The predicted octanol–water partition coefficient (Wildman–Crippen LogP) is 2.18. The molecule has 0 bridgehead atoms. The van der Waals surface area contributed by atoms with Crippen LogP contribution in [0.4, 0.5) is 0 Å². The Morgan fingerprint density at radius 1 is 1.35 bits per heavy atom. The Balaban J connectivity index is 2.27. The second-order valence-corrected chi connectivity index (χ2v) is 4.86. The number of rotatable bonds is 2. The van der Waals surface area contributed by atoms with E-state index >= 15 is 0 Å². The van der Waals surface area contributed by atoms with Crippen molar-refractivity contribution in [3.63, 3.8) is 0 Å². The van der Waals surface area contributed by atoms with E-state index < -0.39 is 0 Å². The topological polar surface area (TPSA) is 38.5 Å². The summed E-state index contributed by atoms with van der Waals surface area (Å²) >= 11 is 0. The number of benzene rings is 1. The van der Waals surface area contributed by atoms with Crippen molar-refractivity contribution in [3.8, 4) is 5.75 Å². The lowest BCUT2D eigenvalue weighted by atomic mass is 9.96. The van der Waals surface area contributed by atoms with E-state index in [2.05, 4.69) is 24.1 Å². The molecule has 2 unspecified atom stereocenters. The minimum absolute atomic E-state index is 0.217. The second-order valence-electron chi connectivity index (χ2n) is 4.86. The first-order valence-corrected chi connectivity index (χ1v) is 6.32. The van der Waals surface area contributed by atoms with Crippen molar-refractivity contribution >= 4 is 0 Å². The van der Waals surface area contributed by atoms with Crippen molar-refractivity contribution < 1.29 is 4.74 Å². The van der Waals surface area contributed by atoms with Crippen LogP contribution in [0, 0.1) is 0 Å². The zero-order valence-electron chi connectivity index (χ0n) is 10.7. The minimum Gasteiger partial charge on any atom is -0.497 e. The molecule has 1 aromatic rings. The molecule has 1 fully saturated rings. The second kappa shape index (κ2) is 5.52. The molecule has 1 saturated heterocycles. The Morgan fingerprint density at radius 2 is 2.18 bits per heavy atom. The molecule has 3 heteroatoms. The van der Waals surface area contributed by atoms with Gasteiger partial charge in [-0.05, 0) is 44.1 Å². The monoisotopic (exact) mass is 234 g/mol. The zero-order chi connectivity index (χ0) is 12.3. The molecule has 0 aliphatic carbocycles. The summed E-state index contributed by atoms with van der Waals surface area (Å²) in [6, 6.07) is 8.80. The van der Waals surface area contributed by atoms with Crippen LogP contribution in [0.2, 0.25) is 0 Å². The Kier molecular flexibility index (Phi) is 4.02. The van der Waals surface area contributed by atoms with Crippen molar-refractivity contribution in [1.82, 2.24) is 4.90 Å². The van der Waals surface area contributed by atoms with Gasteiger partial charge in [-0.15, -0.1) is 0 Å². The van der Waals surface area contributed by atoms with E-state index in [0.717, 1.165) is 18.7 Å². The van der Waals surface area contributed by atoms with Gasteiger partial charge in [0.25, 0.3) is 0 Å². The van der Waals surface area contributed by atoms with Crippen LogP contribution in [0.5, 0.6) is 5.75 Å². The molecule has 0 aromatic heterocycles. The van der Waals surface area contributed by atoms with Crippen molar-refractivity contribution in [3.05, 3.63) is 29.8 Å². The molecule has 2 rings (SSSR count). The van der Waals surface area contributed by atoms with Crippen LogP contribution in [0.25, 0.3) is 0 Å². The largest absolute Gasteiger partial charge is 0.497 e. The van der Waals surface area contributed by atoms with E-state index in [1.807, 2.05) is 12.1 Å². The first-order valence-electron chi connectivity index (χ1n) is 6.32. The van der Waals surface area contributed by atoms with E-state index in [-0.39, 0.29) is 6.04 Å². The van der Waals surface area contributed by atoms with Crippen molar-refractivity contribution in [1.29, 1.82) is 0 Å². The van der Waals surface area contributed by atoms with E-state index in [1.54, 1.807) is 7.11 Å². The summed E-state index contributed by atoms with van der Waals surface area (Å²) in [5.41, 5.74) is 7.58. The van der Waals surface area contributed by atoms with E-state index in [9.17, 15) is 0 Å². The molecular weight excluding hydrogens is 212 g/mol. The highest BCUT2D eigenvalue weighted by atomic mass is 16.5. The molecule has 1 aliphatic heterocycles. The fraction of sp³-hybridized carbons (Fsp3) is 0.571. The van der Waals surface area contributed by atoms with Crippen LogP contribution in [0.1, 0.15) is 30.9 Å². The highest BCUT2D eigenvalue weighted by molar-refractivity contribution is 5.31. The Morgan fingerprint density at radius 3 is 2.94 bits per heavy atom. The van der Waals surface area contributed by atoms with E-state index in [1.165, 1.54) is 18.4 Å². The average molecular weight is 234 g/mol. The molecule has 0 radical (unpaired) electrons. The summed E-state index contributed by atoms with van der Waals surface area (Å²) in [6.07, 6.45) is 3.57. The van der Waals surface area contributed by atoms with Crippen LogP contribution in [0.3, 0.4) is 0 Å². The standard InChI is InChI=1S/C14H22N2O/c1-16-9-4-3-8-13(15)14(16)11-6-5-7-12(10-11)17-2/h5-7,10,13-14H,3-4,8-9,15H2,1-2H3. The number of likely N-dealkylation sites (N-methyl/N-ethyl adjacent to an activating group) is 1. The number of methoxy groups -OCH3 is 1. The molecule has 0 spiro atoms. The SMILES string of the molecule is COc1cccc(C2C(N)CCCCN2C)c1. The summed E-state index contributed by atoms with van der Waals surface area (Å²) in [5.74, 6) is 0.910. The minimum atomic E-state index is 0.217. The van der Waals surface area contributed by atoms with Crippen LogP contribution in [-0.2, 0) is 0 Å². The molecule has 0 saturated carbocycles. The summed E-state index contributed by atoms with van der Waals surface area (Å²) in [5, 5.41) is 0. The Hall–Kier alpha value is -1.06. The fourth-order valence-corrected chi connectivity index (χ4v) is 2.69. The smallest absolute Gasteiger partial charge is 0.119 e. The maximum Gasteiger partial charge on any atom is 0.119 e. The molecule has 2 atom stereocenters. The quantitative estimate of drug-likeness (QED) is 0.852. The molecule has 2 N–H and O–H groups in total. The van der Waals surface area contributed by atoms with E-state index in [0.29, 0.717) is 6.04 Å². The Bertz CT molecular complexity index is 355. The summed E-state index contributed by atoms with van der Waals surface area (Å²) < 4.78 is 5.29. The van der Waals surface area contributed by atoms with Crippen LogP contribution >= 0.6 is 0 Å². The maximum absolute atomic E-state index is 6.31. The van der Waals surface area contributed by atoms with Gasteiger partial charge in [-0.3, -0.25) is 4.90 Å². The molecule has 0 amide bonds. The number of ether oxygens (including phenoxy) is 1. The van der Waals surface area contributed by atoms with Gasteiger partial charge < -0.3 is 10.5 Å². The molecule has 1 heterocycles. The van der Waals surface area contributed by atoms with Gasteiger partial charge in [0.15, 0.2) is 0 Å². The summed E-state index contributed by atoms with van der Waals surface area (Å²) in [4.78, 5) is 2.37. The van der Waals surface area contributed by atoms with Gasteiger partial charge >= 0.3 is 0 Å². The third-order valence-corrected chi connectivity index (χ3v) is 3.61. The van der Waals surface area contributed by atoms with Gasteiger partial charge in [0, 0.05) is 12.1 Å². The summed E-state index contributed by atoms with van der Waals surface area (Å²) in [6.45, 7) is 1.12. The third kappa shape index (κ3) is 2.79. The lowest BCUT2D eigenvalue weighted by Crippen LogP contribution is -2.37. The molecule has 1 aromatic carbocycles. The van der Waals surface area contributed by atoms with Gasteiger partial charge in [-0.25, -0.2) is 0 Å². The fourth-order valence-electron chi connectivity index (χ4n) is 2.69. The predicted molar refractivity (Wildman–Crippen MR) is 70.2 cm³/mol. The number of nitrogens with zero attached hydrogens (tertiary/aromatic N) is 1. The van der Waals surface area contributed by atoms with Crippen molar-refractivity contribution in [2.75, 3.05) is 20.7 Å². The highest BCUT2D eigenvalue weighted by Crippen LogP contribution is 2.29. The maximum atomic E-state index is 6.31.